The summed E-state index contributed by atoms with van der Waals surface area (Å²) in [6, 6.07) is 0. The number of hydrogen-bond donors (Lipinski definition) is 2. The van der Waals surface area contributed by atoms with Crippen LogP contribution in [0.1, 0.15) is 0 Å². The third-order valence-corrected chi connectivity index (χ3v) is 0.471. The Morgan fingerprint density at radius 1 is 1.00 bits per heavy atom. The molecule has 0 bridgehead atoms. The molecule has 0 amide bonds. The first-order chi connectivity index (χ1) is 3.41. The first kappa shape index (κ1) is 11.6. The van der Waals surface area contributed by atoms with Crippen LogP contribution in [-0.4, -0.2) is 66.2 Å². The zero-order chi connectivity index (χ0) is 5.54. The Balaban J connectivity index is 0. The van der Waals surface area contributed by atoms with Crippen LogP contribution in [0.4, 0.5) is 0 Å². The predicted octanol–water partition coefficient (Wildman–Crippen LogP) is -1.66. The molecule has 0 saturated carbocycles. The van der Waals surface area contributed by atoms with Crippen molar-refractivity contribution in [2.24, 2.45) is 0 Å². The average molecular weight is 130 g/mol. The van der Waals surface area contributed by atoms with Gasteiger partial charge in [-0.15, -0.1) is 0 Å². The van der Waals surface area contributed by atoms with E-state index < -0.39 is 0 Å². The second-order valence-electron chi connectivity index (χ2n) is 1.06. The average Bonchev–Trinajstić information content (AvgIpc) is 1.69. The Morgan fingerprint density at radius 2 is 1.38 bits per heavy atom. The molecule has 0 heterocycles. The van der Waals surface area contributed by atoms with Crippen molar-refractivity contribution < 1.29 is 14.9 Å². The standard InChI is InChI=1S/C4H10O3.Na.H/c5-1-3-7-4-2-6;;/h5-6H,1-4H2;;. The van der Waals surface area contributed by atoms with Gasteiger partial charge in [-0.25, -0.2) is 0 Å². The Kier molecular flexibility index (Phi) is 15.7. The fourth-order valence-corrected chi connectivity index (χ4v) is 0.231. The molecule has 46 valence electrons. The van der Waals surface area contributed by atoms with Gasteiger partial charge in [0, 0.05) is 0 Å². The van der Waals surface area contributed by atoms with Crippen LogP contribution < -0.4 is 0 Å². The van der Waals surface area contributed by atoms with Gasteiger partial charge in [-0.05, 0) is 0 Å². The van der Waals surface area contributed by atoms with Gasteiger partial charge < -0.3 is 14.9 Å². The zero-order valence-electron chi connectivity index (χ0n) is 4.13. The van der Waals surface area contributed by atoms with Gasteiger partial charge in [-0.2, -0.15) is 0 Å². The molecule has 3 nitrogen and oxygen atoms in total. The van der Waals surface area contributed by atoms with Crippen molar-refractivity contribution in [2.45, 2.75) is 0 Å². The molecule has 0 aromatic carbocycles. The second kappa shape index (κ2) is 10.8. The number of ether oxygens (including phenoxy) is 1. The van der Waals surface area contributed by atoms with Crippen molar-refractivity contribution in [3.8, 4) is 0 Å². The van der Waals surface area contributed by atoms with Crippen molar-refractivity contribution in [2.75, 3.05) is 26.4 Å². The number of hydrogen-bond acceptors (Lipinski definition) is 3. The van der Waals surface area contributed by atoms with E-state index in [9.17, 15) is 0 Å². The number of rotatable bonds is 4. The van der Waals surface area contributed by atoms with E-state index in [-0.39, 0.29) is 42.8 Å². The molecule has 0 rings (SSSR count). The maximum absolute atomic E-state index is 8.09. The third kappa shape index (κ3) is 9.99. The van der Waals surface area contributed by atoms with E-state index in [0.717, 1.165) is 0 Å². The summed E-state index contributed by atoms with van der Waals surface area (Å²) in [5, 5.41) is 16.2. The molecule has 0 fully saturated rings. The zero-order valence-corrected chi connectivity index (χ0v) is 4.13. The van der Waals surface area contributed by atoms with E-state index in [1.807, 2.05) is 0 Å². The Morgan fingerprint density at radius 3 is 1.62 bits per heavy atom. The van der Waals surface area contributed by atoms with E-state index in [1.165, 1.54) is 0 Å². The SMILES string of the molecule is OCCOCCO.[NaH]. The number of aliphatic hydroxyl groups excluding tert-OH is 2. The molecule has 2 N–H and O–H groups in total. The summed E-state index contributed by atoms with van der Waals surface area (Å²) in [5.74, 6) is 0. The van der Waals surface area contributed by atoms with Crippen LogP contribution in [0.2, 0.25) is 0 Å². The van der Waals surface area contributed by atoms with Crippen molar-refractivity contribution in [1.82, 2.24) is 0 Å². The molecular weight excluding hydrogens is 119 g/mol. The monoisotopic (exact) mass is 130 g/mol. The van der Waals surface area contributed by atoms with E-state index in [2.05, 4.69) is 4.74 Å². The second-order valence-corrected chi connectivity index (χ2v) is 1.06. The van der Waals surface area contributed by atoms with E-state index in [1.54, 1.807) is 0 Å². The molecule has 0 saturated heterocycles. The summed E-state index contributed by atoms with van der Waals surface area (Å²) in [4.78, 5) is 0. The molecule has 0 aliphatic heterocycles. The van der Waals surface area contributed by atoms with Crippen LogP contribution in [0.5, 0.6) is 0 Å². The van der Waals surface area contributed by atoms with Crippen molar-refractivity contribution in [3.05, 3.63) is 0 Å². The Bertz CT molecular complexity index is 30.5. The molecule has 0 aliphatic carbocycles. The fourth-order valence-electron chi connectivity index (χ4n) is 0.231. The van der Waals surface area contributed by atoms with E-state index in [4.69, 9.17) is 10.2 Å². The van der Waals surface area contributed by atoms with Crippen LogP contribution in [-0.2, 0) is 4.74 Å². The van der Waals surface area contributed by atoms with Gasteiger partial charge in [0.05, 0.1) is 26.4 Å². The Labute approximate surface area is 70.9 Å². The molecule has 4 heteroatoms. The summed E-state index contributed by atoms with van der Waals surface area (Å²) in [7, 11) is 0. The first-order valence-corrected chi connectivity index (χ1v) is 2.21. The maximum atomic E-state index is 8.09. The summed E-state index contributed by atoms with van der Waals surface area (Å²) in [6.45, 7) is 0.696. The van der Waals surface area contributed by atoms with Crippen molar-refractivity contribution >= 4 is 29.6 Å². The third-order valence-electron chi connectivity index (χ3n) is 0.471. The molecule has 0 radical (unpaired) electrons. The van der Waals surface area contributed by atoms with E-state index in [0.29, 0.717) is 13.2 Å². The molecule has 8 heavy (non-hydrogen) atoms. The van der Waals surface area contributed by atoms with Crippen LogP contribution >= 0.6 is 0 Å². The summed E-state index contributed by atoms with van der Waals surface area (Å²) in [5.41, 5.74) is 0. The summed E-state index contributed by atoms with van der Waals surface area (Å²) in [6.07, 6.45) is 0. The van der Waals surface area contributed by atoms with Gasteiger partial charge in [0.15, 0.2) is 0 Å². The minimum atomic E-state index is 0. The van der Waals surface area contributed by atoms with Gasteiger partial charge in [0.1, 0.15) is 0 Å². The van der Waals surface area contributed by atoms with Crippen LogP contribution in [0.25, 0.3) is 0 Å². The predicted molar refractivity (Wildman–Crippen MR) is 32.1 cm³/mol. The first-order valence-electron chi connectivity index (χ1n) is 2.21. The van der Waals surface area contributed by atoms with Gasteiger partial charge in [0.2, 0.25) is 0 Å². The summed E-state index contributed by atoms with van der Waals surface area (Å²) < 4.78 is 4.63. The minimum absolute atomic E-state index is 0. The van der Waals surface area contributed by atoms with Gasteiger partial charge in [0.25, 0.3) is 0 Å². The molecular formula is C4H11NaO3. The normalized spacial score (nSPS) is 8.25. The molecule has 0 spiro atoms. The molecule has 0 aliphatic rings. The van der Waals surface area contributed by atoms with Gasteiger partial charge in [-0.1, -0.05) is 0 Å². The van der Waals surface area contributed by atoms with E-state index >= 15 is 0 Å². The molecule has 0 unspecified atom stereocenters. The van der Waals surface area contributed by atoms with Crippen molar-refractivity contribution in [1.29, 1.82) is 0 Å². The molecule has 0 aromatic heterocycles. The fraction of sp³-hybridized carbons (Fsp3) is 1.00. The van der Waals surface area contributed by atoms with Crippen LogP contribution in [0, 0.1) is 0 Å². The Hall–Kier alpha value is 0.880. The summed E-state index contributed by atoms with van der Waals surface area (Å²) >= 11 is 0. The van der Waals surface area contributed by atoms with Crippen molar-refractivity contribution in [3.63, 3.8) is 0 Å². The van der Waals surface area contributed by atoms with Crippen LogP contribution in [0.3, 0.4) is 0 Å². The quantitative estimate of drug-likeness (QED) is 0.353. The van der Waals surface area contributed by atoms with Gasteiger partial charge in [-0.3, -0.25) is 0 Å². The topological polar surface area (TPSA) is 49.7 Å². The molecule has 0 atom stereocenters. The number of aliphatic hydroxyl groups is 2. The molecule has 0 aromatic rings. The van der Waals surface area contributed by atoms with Gasteiger partial charge >= 0.3 is 29.6 Å². The van der Waals surface area contributed by atoms with Crippen LogP contribution in [0.15, 0.2) is 0 Å².